The summed E-state index contributed by atoms with van der Waals surface area (Å²) in [6.07, 6.45) is 0. The molecule has 0 bridgehead atoms. The number of carbonyl (C=O) groups is 1. The van der Waals surface area contributed by atoms with Gasteiger partial charge >= 0.3 is 0 Å². The maximum Gasteiger partial charge on any atom is 0.256 e. The third-order valence-corrected chi connectivity index (χ3v) is 3.87. The van der Waals surface area contributed by atoms with Crippen LogP contribution in [0.5, 0.6) is 11.5 Å². The lowest BCUT2D eigenvalue weighted by molar-refractivity contribution is 0.107. The molecule has 0 aromatic heterocycles. The van der Waals surface area contributed by atoms with Crippen LogP contribution in [0, 0.1) is 0 Å². The van der Waals surface area contributed by atoms with Gasteiger partial charge in [0.15, 0.2) is 5.75 Å². The molecule has 0 radical (unpaired) electrons. The predicted octanol–water partition coefficient (Wildman–Crippen LogP) is 4.49. The molecule has 1 aromatic rings. The second-order valence-electron chi connectivity index (χ2n) is 6.34. The summed E-state index contributed by atoms with van der Waals surface area (Å²) in [5.41, 5.74) is 0.375. The normalized spacial score (nSPS) is 12.2. The maximum absolute atomic E-state index is 11.5. The Labute approximate surface area is 122 Å². The molecule has 0 atom stereocenters. The Morgan fingerprint density at radius 2 is 1.53 bits per heavy atom. The third kappa shape index (κ3) is 5.38. The number of para-hydroxylation sites is 1. The highest BCUT2D eigenvalue weighted by atomic mass is 35.5. The Balaban J connectivity index is 3.30. The Morgan fingerprint density at radius 1 is 1.00 bits per heavy atom. The van der Waals surface area contributed by atoms with Gasteiger partial charge in [0.05, 0.1) is 5.56 Å². The second-order valence-corrected chi connectivity index (χ2v) is 15.5. The molecular formula is C13H21ClO3Si2. The summed E-state index contributed by atoms with van der Waals surface area (Å²) in [7, 11) is -3.64. The lowest BCUT2D eigenvalue weighted by Gasteiger charge is -2.26. The summed E-state index contributed by atoms with van der Waals surface area (Å²) in [5.74, 6) is 1.11. The summed E-state index contributed by atoms with van der Waals surface area (Å²) < 4.78 is 12.0. The van der Waals surface area contributed by atoms with Crippen LogP contribution in [0.1, 0.15) is 10.4 Å². The van der Waals surface area contributed by atoms with E-state index in [1.54, 1.807) is 12.1 Å². The molecule has 1 rings (SSSR count). The van der Waals surface area contributed by atoms with Crippen LogP contribution in [-0.2, 0) is 0 Å². The zero-order valence-electron chi connectivity index (χ0n) is 12.3. The number of hydrogen-bond acceptors (Lipinski definition) is 3. The first-order chi connectivity index (χ1) is 8.49. The SMILES string of the molecule is C[Si](C)(C)Oc1cccc(C(=O)Cl)c1O[Si](C)(C)C. The lowest BCUT2D eigenvalue weighted by Crippen LogP contribution is -2.33. The van der Waals surface area contributed by atoms with E-state index in [9.17, 15) is 4.79 Å². The van der Waals surface area contributed by atoms with E-state index in [0.29, 0.717) is 17.1 Å². The minimum absolute atomic E-state index is 0.375. The molecule has 0 aliphatic heterocycles. The van der Waals surface area contributed by atoms with Crippen molar-refractivity contribution in [1.29, 1.82) is 0 Å². The Kier molecular flexibility index (Phi) is 4.87. The predicted molar refractivity (Wildman–Crippen MR) is 84.6 cm³/mol. The molecule has 19 heavy (non-hydrogen) atoms. The first kappa shape index (κ1) is 16.3. The number of rotatable bonds is 5. The zero-order valence-corrected chi connectivity index (χ0v) is 15.1. The van der Waals surface area contributed by atoms with E-state index in [2.05, 4.69) is 39.3 Å². The van der Waals surface area contributed by atoms with E-state index in [1.165, 1.54) is 0 Å². The van der Waals surface area contributed by atoms with Gasteiger partial charge in [0.2, 0.25) is 16.6 Å². The van der Waals surface area contributed by atoms with E-state index in [1.807, 2.05) is 6.07 Å². The van der Waals surface area contributed by atoms with Gasteiger partial charge in [-0.3, -0.25) is 4.79 Å². The number of carbonyl (C=O) groups excluding carboxylic acids is 1. The summed E-state index contributed by atoms with van der Waals surface area (Å²) in [6.45, 7) is 12.4. The zero-order chi connectivity index (χ0) is 14.8. The molecule has 6 heteroatoms. The van der Waals surface area contributed by atoms with Crippen molar-refractivity contribution in [3.05, 3.63) is 23.8 Å². The highest BCUT2D eigenvalue weighted by Crippen LogP contribution is 2.35. The molecule has 0 heterocycles. The fourth-order valence-electron chi connectivity index (χ4n) is 1.49. The van der Waals surface area contributed by atoms with Gasteiger partial charge in [-0.1, -0.05) is 6.07 Å². The minimum atomic E-state index is -1.86. The van der Waals surface area contributed by atoms with Crippen molar-refractivity contribution in [2.75, 3.05) is 0 Å². The Bertz CT molecular complexity index is 476. The average Bonchev–Trinajstić information content (AvgIpc) is 2.15. The highest BCUT2D eigenvalue weighted by molar-refractivity contribution is 6.72. The monoisotopic (exact) mass is 316 g/mol. The van der Waals surface area contributed by atoms with E-state index in [-0.39, 0.29) is 0 Å². The maximum atomic E-state index is 11.5. The van der Waals surface area contributed by atoms with Crippen molar-refractivity contribution < 1.29 is 13.6 Å². The summed E-state index contributed by atoms with van der Waals surface area (Å²) in [4.78, 5) is 11.5. The Hall–Kier alpha value is -0.786. The van der Waals surface area contributed by atoms with Gasteiger partial charge in [-0.25, -0.2) is 0 Å². The number of hydrogen-bond donors (Lipinski definition) is 0. The van der Waals surface area contributed by atoms with Crippen molar-refractivity contribution in [2.45, 2.75) is 39.3 Å². The van der Waals surface area contributed by atoms with Gasteiger partial charge in [0.25, 0.3) is 5.24 Å². The molecule has 0 aliphatic carbocycles. The molecule has 0 saturated carbocycles. The van der Waals surface area contributed by atoms with Crippen molar-refractivity contribution in [1.82, 2.24) is 0 Å². The summed E-state index contributed by atoms with van der Waals surface area (Å²) >= 11 is 5.63. The molecular weight excluding hydrogens is 296 g/mol. The molecule has 0 unspecified atom stereocenters. The van der Waals surface area contributed by atoms with Crippen LogP contribution in [0.15, 0.2) is 18.2 Å². The van der Waals surface area contributed by atoms with Crippen LogP contribution in [0.25, 0.3) is 0 Å². The van der Waals surface area contributed by atoms with Crippen LogP contribution in [0.3, 0.4) is 0 Å². The molecule has 0 saturated heterocycles. The first-order valence-electron chi connectivity index (χ1n) is 6.20. The fourth-order valence-corrected chi connectivity index (χ4v) is 3.28. The van der Waals surface area contributed by atoms with Crippen LogP contribution in [-0.4, -0.2) is 21.9 Å². The molecule has 0 N–H and O–H groups in total. The molecule has 0 fully saturated rings. The van der Waals surface area contributed by atoms with E-state index < -0.39 is 21.9 Å². The van der Waals surface area contributed by atoms with Crippen molar-refractivity contribution >= 4 is 33.5 Å². The quantitative estimate of drug-likeness (QED) is 0.593. The van der Waals surface area contributed by atoms with Crippen LogP contribution in [0.2, 0.25) is 39.3 Å². The van der Waals surface area contributed by atoms with Gasteiger partial charge in [-0.15, -0.1) is 0 Å². The average molecular weight is 317 g/mol. The second kappa shape index (κ2) is 5.68. The van der Waals surface area contributed by atoms with Crippen molar-refractivity contribution in [3.63, 3.8) is 0 Å². The van der Waals surface area contributed by atoms with Crippen molar-refractivity contribution in [2.24, 2.45) is 0 Å². The van der Waals surface area contributed by atoms with Crippen LogP contribution in [0.4, 0.5) is 0 Å². The fraction of sp³-hybridized carbons (Fsp3) is 0.462. The van der Waals surface area contributed by atoms with E-state index in [0.717, 1.165) is 0 Å². The van der Waals surface area contributed by atoms with Gasteiger partial charge < -0.3 is 8.85 Å². The number of benzene rings is 1. The smallest absolute Gasteiger partial charge is 0.256 e. The molecule has 106 valence electrons. The molecule has 3 nitrogen and oxygen atoms in total. The molecule has 0 spiro atoms. The van der Waals surface area contributed by atoms with Gasteiger partial charge in [0, 0.05) is 0 Å². The molecule has 1 aromatic carbocycles. The van der Waals surface area contributed by atoms with Crippen LogP contribution < -0.4 is 8.85 Å². The largest absolute Gasteiger partial charge is 0.542 e. The minimum Gasteiger partial charge on any atom is -0.542 e. The topological polar surface area (TPSA) is 35.5 Å². The number of halogens is 1. The lowest BCUT2D eigenvalue weighted by atomic mass is 10.2. The first-order valence-corrected chi connectivity index (χ1v) is 13.4. The third-order valence-electron chi connectivity index (χ3n) is 2.02. The van der Waals surface area contributed by atoms with E-state index >= 15 is 0 Å². The molecule has 0 aliphatic rings. The summed E-state index contributed by atoms with van der Waals surface area (Å²) in [5, 5.41) is -0.519. The molecule has 0 amide bonds. The van der Waals surface area contributed by atoms with Gasteiger partial charge in [0.1, 0.15) is 5.75 Å². The van der Waals surface area contributed by atoms with Gasteiger partial charge in [-0.2, -0.15) is 0 Å². The standard InChI is InChI=1S/C13H21ClO3Si2/c1-18(2,3)16-11-9-7-8-10(13(14)15)12(11)17-19(4,5)6/h7-9H,1-6H3. The summed E-state index contributed by atoms with van der Waals surface area (Å²) in [6, 6.07) is 5.26. The highest BCUT2D eigenvalue weighted by Gasteiger charge is 2.26. The Morgan fingerprint density at radius 3 is 1.95 bits per heavy atom. The van der Waals surface area contributed by atoms with Crippen LogP contribution >= 0.6 is 11.6 Å². The van der Waals surface area contributed by atoms with Crippen molar-refractivity contribution in [3.8, 4) is 11.5 Å². The van der Waals surface area contributed by atoms with E-state index in [4.69, 9.17) is 20.5 Å². The van der Waals surface area contributed by atoms with Gasteiger partial charge in [-0.05, 0) is 63.0 Å².